The average molecular weight is 262 g/mol. The van der Waals surface area contributed by atoms with Crippen molar-refractivity contribution in [3.05, 3.63) is 29.6 Å². The summed E-state index contributed by atoms with van der Waals surface area (Å²) in [4.78, 5) is 16.4. The predicted molar refractivity (Wildman–Crippen MR) is 78.8 cm³/mol. The van der Waals surface area contributed by atoms with Crippen LogP contribution >= 0.6 is 0 Å². The highest BCUT2D eigenvalue weighted by atomic mass is 16.1. The van der Waals surface area contributed by atoms with Crippen molar-refractivity contribution >= 4 is 5.91 Å². The van der Waals surface area contributed by atoms with Crippen LogP contribution in [-0.4, -0.2) is 10.9 Å². The number of carbonyl (C=O) groups excluding carboxylic acids is 1. The first-order chi connectivity index (χ1) is 8.81. The largest absolute Gasteiger partial charge is 0.348 e. The van der Waals surface area contributed by atoms with E-state index in [9.17, 15) is 4.79 Å². The third-order valence-corrected chi connectivity index (χ3v) is 3.14. The molecule has 0 aromatic carbocycles. The molecule has 1 atom stereocenters. The van der Waals surface area contributed by atoms with Gasteiger partial charge in [-0.1, -0.05) is 33.8 Å². The van der Waals surface area contributed by atoms with Gasteiger partial charge in [0.05, 0.1) is 11.7 Å². The molecule has 0 aliphatic carbocycles. The van der Waals surface area contributed by atoms with Crippen molar-refractivity contribution in [3.63, 3.8) is 0 Å². The van der Waals surface area contributed by atoms with E-state index in [0.717, 1.165) is 24.1 Å². The normalized spacial score (nSPS) is 13.1. The van der Waals surface area contributed by atoms with Crippen LogP contribution in [-0.2, 0) is 4.79 Å². The summed E-state index contributed by atoms with van der Waals surface area (Å²) in [5.74, 6) is 0.115. The number of amides is 1. The topological polar surface area (TPSA) is 42.0 Å². The lowest BCUT2D eigenvalue weighted by molar-refractivity contribution is -0.122. The van der Waals surface area contributed by atoms with Gasteiger partial charge < -0.3 is 5.32 Å². The van der Waals surface area contributed by atoms with Crippen LogP contribution in [0, 0.1) is 12.3 Å². The van der Waals surface area contributed by atoms with Crippen molar-refractivity contribution < 1.29 is 4.79 Å². The number of nitrogens with zero attached hydrogens (tertiary/aromatic N) is 1. The van der Waals surface area contributed by atoms with Gasteiger partial charge in [0.15, 0.2) is 0 Å². The quantitative estimate of drug-likeness (QED) is 0.877. The molecular weight excluding hydrogens is 236 g/mol. The number of carbonyl (C=O) groups is 1. The zero-order valence-corrected chi connectivity index (χ0v) is 12.8. The Labute approximate surface area is 116 Å². The van der Waals surface area contributed by atoms with Crippen molar-refractivity contribution in [1.29, 1.82) is 0 Å². The molecular formula is C16H26N2O. The van der Waals surface area contributed by atoms with E-state index in [1.165, 1.54) is 0 Å². The lowest BCUT2D eigenvalue weighted by atomic mass is 9.90. The minimum Gasteiger partial charge on any atom is -0.348 e. The summed E-state index contributed by atoms with van der Waals surface area (Å²) in [5.41, 5.74) is 2.27. The molecule has 19 heavy (non-hydrogen) atoms. The maximum absolute atomic E-state index is 12.0. The molecule has 0 fully saturated rings. The van der Waals surface area contributed by atoms with Crippen molar-refractivity contribution in [3.8, 4) is 0 Å². The number of aryl methyl sites for hydroxylation is 1. The number of hydrogen-bond acceptors (Lipinski definition) is 2. The van der Waals surface area contributed by atoms with E-state index in [-0.39, 0.29) is 17.4 Å². The second kappa shape index (κ2) is 6.69. The van der Waals surface area contributed by atoms with E-state index in [1.807, 2.05) is 25.3 Å². The Morgan fingerprint density at radius 3 is 2.53 bits per heavy atom. The number of nitrogens with one attached hydrogen (secondary N) is 1. The van der Waals surface area contributed by atoms with Gasteiger partial charge in [0.2, 0.25) is 5.91 Å². The van der Waals surface area contributed by atoms with Gasteiger partial charge in [-0.25, -0.2) is 0 Å². The lowest BCUT2D eigenvalue weighted by Gasteiger charge is -2.20. The molecule has 0 bridgehead atoms. The van der Waals surface area contributed by atoms with Crippen LogP contribution in [0.1, 0.15) is 64.3 Å². The number of hydrogen-bond donors (Lipinski definition) is 1. The maximum Gasteiger partial charge on any atom is 0.220 e. The molecule has 3 heteroatoms. The summed E-state index contributed by atoms with van der Waals surface area (Å²) in [6.07, 6.45) is 4.18. The number of rotatable bonds is 5. The summed E-state index contributed by atoms with van der Waals surface area (Å²) in [6, 6.07) is 4.05. The molecule has 106 valence electrons. The van der Waals surface area contributed by atoms with Crippen molar-refractivity contribution in [2.24, 2.45) is 5.41 Å². The lowest BCUT2D eigenvalue weighted by Crippen LogP contribution is -2.29. The first kappa shape index (κ1) is 15.7. The molecule has 3 nitrogen and oxygen atoms in total. The van der Waals surface area contributed by atoms with Crippen LogP contribution in [0.15, 0.2) is 18.3 Å². The highest BCUT2D eigenvalue weighted by Crippen LogP contribution is 2.21. The van der Waals surface area contributed by atoms with Gasteiger partial charge >= 0.3 is 0 Å². The minimum atomic E-state index is 0.0214. The number of aromatic nitrogens is 1. The van der Waals surface area contributed by atoms with Crippen LogP contribution in [0.25, 0.3) is 0 Å². The fraction of sp³-hybridized carbons (Fsp3) is 0.625. The Balaban J connectivity index is 2.57. The Bertz CT molecular complexity index is 404. The zero-order valence-electron chi connectivity index (χ0n) is 12.8. The van der Waals surface area contributed by atoms with E-state index in [2.05, 4.69) is 38.0 Å². The molecule has 1 heterocycles. The summed E-state index contributed by atoms with van der Waals surface area (Å²) in [6.45, 7) is 10.5. The molecule has 1 N–H and O–H groups in total. The van der Waals surface area contributed by atoms with E-state index in [4.69, 9.17) is 0 Å². The van der Waals surface area contributed by atoms with Gasteiger partial charge in [-0.05, 0) is 36.8 Å². The second-order valence-corrected chi connectivity index (χ2v) is 6.35. The minimum absolute atomic E-state index is 0.0214. The van der Waals surface area contributed by atoms with Crippen LogP contribution in [0.5, 0.6) is 0 Å². The molecule has 0 aliphatic heterocycles. The van der Waals surface area contributed by atoms with Crippen LogP contribution < -0.4 is 5.32 Å². The molecule has 0 aliphatic rings. The molecule has 1 aromatic rings. The van der Waals surface area contributed by atoms with E-state index < -0.39 is 0 Å². The first-order valence-corrected chi connectivity index (χ1v) is 7.04. The monoisotopic (exact) mass is 262 g/mol. The second-order valence-electron chi connectivity index (χ2n) is 6.35. The van der Waals surface area contributed by atoms with Crippen molar-refractivity contribution in [1.82, 2.24) is 10.3 Å². The van der Waals surface area contributed by atoms with Gasteiger partial charge in [0.1, 0.15) is 0 Å². The molecule has 0 spiro atoms. The average Bonchev–Trinajstić information content (AvgIpc) is 2.34. The number of pyridine rings is 1. The Morgan fingerprint density at radius 1 is 1.37 bits per heavy atom. The molecule has 0 unspecified atom stereocenters. The Kier molecular flexibility index (Phi) is 5.52. The predicted octanol–water partition coefficient (Wildman–Crippen LogP) is 3.78. The molecule has 0 saturated heterocycles. The van der Waals surface area contributed by atoms with E-state index in [0.29, 0.717) is 6.42 Å². The van der Waals surface area contributed by atoms with Gasteiger partial charge in [-0.15, -0.1) is 0 Å². The van der Waals surface area contributed by atoms with E-state index >= 15 is 0 Å². The van der Waals surface area contributed by atoms with Crippen LogP contribution in [0.2, 0.25) is 0 Å². The Hall–Kier alpha value is -1.38. The first-order valence-electron chi connectivity index (χ1n) is 7.04. The molecule has 1 amide bonds. The van der Waals surface area contributed by atoms with Crippen LogP contribution in [0.4, 0.5) is 0 Å². The third kappa shape index (κ3) is 5.86. The molecule has 0 radical (unpaired) electrons. The molecule has 1 rings (SSSR count). The van der Waals surface area contributed by atoms with Gasteiger partial charge in [0, 0.05) is 12.6 Å². The van der Waals surface area contributed by atoms with Gasteiger partial charge in [0.25, 0.3) is 0 Å². The van der Waals surface area contributed by atoms with Gasteiger partial charge in [-0.3, -0.25) is 9.78 Å². The Morgan fingerprint density at radius 2 is 2.05 bits per heavy atom. The van der Waals surface area contributed by atoms with Gasteiger partial charge in [-0.2, -0.15) is 0 Å². The highest BCUT2D eigenvalue weighted by molar-refractivity contribution is 5.76. The maximum atomic E-state index is 12.0. The van der Waals surface area contributed by atoms with Crippen LogP contribution in [0.3, 0.4) is 0 Å². The SMILES string of the molecule is CC[C@@H](NC(=O)CCC(C)(C)C)c1ccc(C)cn1. The third-order valence-electron chi connectivity index (χ3n) is 3.14. The summed E-state index contributed by atoms with van der Waals surface area (Å²) in [7, 11) is 0. The van der Waals surface area contributed by atoms with E-state index in [1.54, 1.807) is 0 Å². The smallest absolute Gasteiger partial charge is 0.220 e. The molecule has 1 aromatic heterocycles. The zero-order chi connectivity index (χ0) is 14.5. The summed E-state index contributed by atoms with van der Waals surface area (Å²) in [5, 5.41) is 3.07. The van der Waals surface area contributed by atoms with Crippen molar-refractivity contribution in [2.45, 2.75) is 59.9 Å². The standard InChI is InChI=1S/C16H26N2O/c1-6-13(14-8-7-12(2)11-17-14)18-15(19)9-10-16(3,4)5/h7-8,11,13H,6,9-10H2,1-5H3,(H,18,19)/t13-/m1/s1. The fourth-order valence-electron chi connectivity index (χ4n) is 1.83. The summed E-state index contributed by atoms with van der Waals surface area (Å²) < 4.78 is 0. The summed E-state index contributed by atoms with van der Waals surface area (Å²) >= 11 is 0. The molecule has 0 saturated carbocycles. The highest BCUT2D eigenvalue weighted by Gasteiger charge is 2.16. The van der Waals surface area contributed by atoms with Crippen molar-refractivity contribution in [2.75, 3.05) is 0 Å². The fourth-order valence-corrected chi connectivity index (χ4v) is 1.83.